The molecule has 33 heavy (non-hydrogen) atoms. The number of hydrogen-bond donors (Lipinski definition) is 0. The molecule has 0 radical (unpaired) electrons. The van der Waals surface area contributed by atoms with Crippen molar-refractivity contribution in [2.75, 3.05) is 19.6 Å². The molecule has 2 aliphatic heterocycles. The van der Waals surface area contributed by atoms with E-state index in [4.69, 9.17) is 4.74 Å². The molecule has 2 aliphatic rings. The molecule has 5 heteroatoms. The van der Waals surface area contributed by atoms with Gasteiger partial charge in [-0.25, -0.2) is 0 Å². The van der Waals surface area contributed by atoms with E-state index in [0.717, 1.165) is 55.9 Å². The fraction of sp³-hybridized carbons (Fsp3) is 0.357. The van der Waals surface area contributed by atoms with Gasteiger partial charge in [0.1, 0.15) is 11.4 Å². The number of para-hydroxylation sites is 1. The third-order valence-electron chi connectivity index (χ3n) is 6.82. The Balaban J connectivity index is 1.40. The Morgan fingerprint density at radius 3 is 2.64 bits per heavy atom. The van der Waals surface area contributed by atoms with Gasteiger partial charge in [0.2, 0.25) is 0 Å². The van der Waals surface area contributed by atoms with Crippen LogP contribution in [0.15, 0.2) is 72.9 Å². The Kier molecular flexibility index (Phi) is 6.14. The number of nitrogens with zero attached hydrogens (tertiary/aromatic N) is 3. The van der Waals surface area contributed by atoms with Crippen molar-refractivity contribution in [3.8, 4) is 5.75 Å². The van der Waals surface area contributed by atoms with Crippen molar-refractivity contribution in [2.24, 2.45) is 0 Å². The fourth-order valence-corrected chi connectivity index (χ4v) is 5.01. The first-order chi connectivity index (χ1) is 16.1. The molecular formula is C28H31N3O2. The first-order valence-electron chi connectivity index (χ1n) is 11.9. The molecule has 1 atom stereocenters. The Labute approximate surface area is 196 Å². The lowest BCUT2D eigenvalue weighted by Crippen LogP contribution is -2.48. The number of pyridine rings is 1. The summed E-state index contributed by atoms with van der Waals surface area (Å²) >= 11 is 0. The van der Waals surface area contributed by atoms with Gasteiger partial charge >= 0.3 is 0 Å². The maximum atomic E-state index is 13.5. The number of hydrogen-bond acceptors (Lipinski definition) is 4. The van der Waals surface area contributed by atoms with Gasteiger partial charge in [-0.05, 0) is 50.1 Å². The molecule has 0 aliphatic carbocycles. The molecule has 5 rings (SSSR count). The first-order valence-corrected chi connectivity index (χ1v) is 11.9. The van der Waals surface area contributed by atoms with Gasteiger partial charge in [-0.2, -0.15) is 0 Å². The van der Waals surface area contributed by atoms with Crippen LogP contribution in [0.4, 0.5) is 0 Å². The van der Waals surface area contributed by atoms with Gasteiger partial charge in [0.15, 0.2) is 0 Å². The molecule has 1 unspecified atom stereocenters. The predicted octanol–water partition coefficient (Wildman–Crippen LogP) is 4.85. The second kappa shape index (κ2) is 9.36. The Morgan fingerprint density at radius 2 is 1.82 bits per heavy atom. The lowest BCUT2D eigenvalue weighted by molar-refractivity contribution is 0.0214. The highest BCUT2D eigenvalue weighted by atomic mass is 16.5. The summed E-state index contributed by atoms with van der Waals surface area (Å²) in [6.45, 7) is 6.02. The highest BCUT2D eigenvalue weighted by Crippen LogP contribution is 2.36. The van der Waals surface area contributed by atoms with E-state index >= 15 is 0 Å². The average molecular weight is 442 g/mol. The van der Waals surface area contributed by atoms with E-state index in [9.17, 15) is 4.79 Å². The summed E-state index contributed by atoms with van der Waals surface area (Å²) in [7, 11) is 0. The molecule has 5 nitrogen and oxygen atoms in total. The number of likely N-dealkylation sites (tertiary alicyclic amines) is 1. The molecule has 3 aromatic rings. The summed E-state index contributed by atoms with van der Waals surface area (Å²) in [6, 6.07) is 22.6. The van der Waals surface area contributed by atoms with E-state index in [0.29, 0.717) is 18.7 Å². The van der Waals surface area contributed by atoms with Crippen LogP contribution in [-0.2, 0) is 13.1 Å². The minimum atomic E-state index is -0.383. The minimum Gasteiger partial charge on any atom is -0.485 e. The Morgan fingerprint density at radius 1 is 1.00 bits per heavy atom. The highest BCUT2D eigenvalue weighted by molar-refractivity contribution is 5.94. The molecule has 1 amide bonds. The minimum absolute atomic E-state index is 0.0209. The maximum absolute atomic E-state index is 13.5. The predicted molar refractivity (Wildman–Crippen MR) is 129 cm³/mol. The number of amides is 1. The van der Waals surface area contributed by atoms with E-state index in [1.807, 2.05) is 42.2 Å². The summed E-state index contributed by atoms with van der Waals surface area (Å²) in [4.78, 5) is 22.3. The van der Waals surface area contributed by atoms with Crippen molar-refractivity contribution in [3.63, 3.8) is 0 Å². The van der Waals surface area contributed by atoms with Gasteiger partial charge in [0.25, 0.3) is 5.91 Å². The average Bonchev–Trinajstić information content (AvgIpc) is 3.13. The van der Waals surface area contributed by atoms with Crippen LogP contribution in [0.3, 0.4) is 0 Å². The van der Waals surface area contributed by atoms with Crippen molar-refractivity contribution in [1.82, 2.24) is 14.8 Å². The van der Waals surface area contributed by atoms with Crippen LogP contribution >= 0.6 is 0 Å². The molecule has 170 valence electrons. The van der Waals surface area contributed by atoms with E-state index < -0.39 is 0 Å². The van der Waals surface area contributed by atoms with Crippen LogP contribution in [0.5, 0.6) is 5.75 Å². The van der Waals surface area contributed by atoms with Crippen LogP contribution in [-0.4, -0.2) is 45.9 Å². The van der Waals surface area contributed by atoms with Crippen molar-refractivity contribution < 1.29 is 9.53 Å². The van der Waals surface area contributed by atoms with Gasteiger partial charge in [0, 0.05) is 43.5 Å². The third kappa shape index (κ3) is 4.93. The highest BCUT2D eigenvalue weighted by Gasteiger charge is 2.40. The monoisotopic (exact) mass is 441 g/mol. The quantitative estimate of drug-likeness (QED) is 0.583. The summed E-state index contributed by atoms with van der Waals surface area (Å²) in [5.41, 5.74) is 3.56. The van der Waals surface area contributed by atoms with Crippen molar-refractivity contribution in [3.05, 3.63) is 95.3 Å². The summed E-state index contributed by atoms with van der Waals surface area (Å²) < 4.78 is 6.76. The summed E-state index contributed by atoms with van der Waals surface area (Å²) in [5, 5.41) is 0. The van der Waals surface area contributed by atoms with Gasteiger partial charge < -0.3 is 9.64 Å². The topological polar surface area (TPSA) is 45.7 Å². The summed E-state index contributed by atoms with van der Waals surface area (Å²) in [6.07, 6.45) is 4.56. The Hall–Kier alpha value is -3.18. The van der Waals surface area contributed by atoms with Crippen LogP contribution in [0, 0.1) is 6.92 Å². The molecule has 1 saturated heterocycles. The van der Waals surface area contributed by atoms with E-state index in [1.54, 1.807) is 6.20 Å². The van der Waals surface area contributed by atoms with E-state index in [-0.39, 0.29) is 11.5 Å². The van der Waals surface area contributed by atoms with Gasteiger partial charge in [-0.3, -0.25) is 14.7 Å². The number of fused-ring (bicyclic) bond motifs is 1. The molecule has 1 spiro atoms. The SMILES string of the molecule is Cc1ccc(C(=O)N2Cc3ccccc3OC3(CCCN(Cc4ccccc4)CC3)C2)cn1. The maximum Gasteiger partial charge on any atom is 0.255 e. The third-order valence-corrected chi connectivity index (χ3v) is 6.82. The van der Waals surface area contributed by atoms with E-state index in [2.05, 4.69) is 46.3 Å². The fourth-order valence-electron chi connectivity index (χ4n) is 5.01. The molecule has 1 fully saturated rings. The van der Waals surface area contributed by atoms with Crippen molar-refractivity contribution in [2.45, 2.75) is 44.9 Å². The van der Waals surface area contributed by atoms with Gasteiger partial charge in [-0.1, -0.05) is 48.5 Å². The van der Waals surface area contributed by atoms with Crippen molar-refractivity contribution in [1.29, 1.82) is 0 Å². The number of carbonyl (C=O) groups excluding carboxylic acids is 1. The van der Waals surface area contributed by atoms with Crippen LogP contribution in [0.1, 0.15) is 46.4 Å². The number of rotatable bonds is 3. The van der Waals surface area contributed by atoms with Crippen LogP contribution in [0.25, 0.3) is 0 Å². The number of aromatic nitrogens is 1. The molecular weight excluding hydrogens is 410 g/mol. The molecule has 0 bridgehead atoms. The molecule has 0 saturated carbocycles. The summed E-state index contributed by atoms with van der Waals surface area (Å²) in [5.74, 6) is 0.930. The zero-order valence-corrected chi connectivity index (χ0v) is 19.2. The number of benzene rings is 2. The van der Waals surface area contributed by atoms with Crippen LogP contribution < -0.4 is 4.74 Å². The zero-order valence-electron chi connectivity index (χ0n) is 19.2. The molecule has 0 N–H and O–H groups in total. The van der Waals surface area contributed by atoms with Crippen molar-refractivity contribution >= 4 is 5.91 Å². The molecule has 1 aromatic heterocycles. The molecule has 2 aromatic carbocycles. The van der Waals surface area contributed by atoms with Gasteiger partial charge in [-0.15, -0.1) is 0 Å². The first kappa shape index (κ1) is 21.7. The second-order valence-electron chi connectivity index (χ2n) is 9.36. The Bertz CT molecular complexity index is 1100. The second-order valence-corrected chi connectivity index (χ2v) is 9.36. The number of ether oxygens (including phenoxy) is 1. The largest absolute Gasteiger partial charge is 0.485 e. The normalized spacial score (nSPS) is 21.1. The number of carbonyl (C=O) groups is 1. The lowest BCUT2D eigenvalue weighted by atomic mass is 9.93. The smallest absolute Gasteiger partial charge is 0.255 e. The van der Waals surface area contributed by atoms with E-state index in [1.165, 1.54) is 5.56 Å². The molecule has 3 heterocycles. The van der Waals surface area contributed by atoms with Crippen LogP contribution in [0.2, 0.25) is 0 Å². The lowest BCUT2D eigenvalue weighted by Gasteiger charge is -2.35. The zero-order chi connectivity index (χ0) is 22.7. The standard InChI is InChI=1S/C28H31N3O2/c1-22-12-13-24(18-29-22)27(32)31-20-25-10-5-6-11-26(25)33-28(21-31)14-7-16-30(17-15-28)19-23-8-3-2-4-9-23/h2-6,8-13,18H,7,14-17,19-21H2,1H3. The van der Waals surface area contributed by atoms with Gasteiger partial charge in [0.05, 0.1) is 12.1 Å². The number of aryl methyl sites for hydroxylation is 1.